The Morgan fingerprint density at radius 3 is 2.56 bits per heavy atom. The standard InChI is InChI=1S/C14H21NO2S/c1-10(8-13(16)17-5)18-12-7-6-11(9-15-12)14(2,3)4/h6-7,9-10H,8H2,1-5H3. The van der Waals surface area contributed by atoms with Crippen molar-refractivity contribution in [2.24, 2.45) is 0 Å². The molecule has 0 spiro atoms. The summed E-state index contributed by atoms with van der Waals surface area (Å²) in [5, 5.41) is 1.12. The van der Waals surface area contributed by atoms with Gasteiger partial charge in [-0.3, -0.25) is 4.79 Å². The van der Waals surface area contributed by atoms with Crippen molar-refractivity contribution < 1.29 is 9.53 Å². The van der Waals surface area contributed by atoms with E-state index in [0.29, 0.717) is 6.42 Å². The molecule has 0 aromatic carbocycles. The van der Waals surface area contributed by atoms with Crippen LogP contribution in [0, 0.1) is 0 Å². The highest BCUT2D eigenvalue weighted by Gasteiger charge is 2.15. The largest absolute Gasteiger partial charge is 0.469 e. The van der Waals surface area contributed by atoms with E-state index in [9.17, 15) is 4.79 Å². The monoisotopic (exact) mass is 267 g/mol. The number of nitrogens with zero attached hydrogens (tertiary/aromatic N) is 1. The quantitative estimate of drug-likeness (QED) is 0.619. The minimum absolute atomic E-state index is 0.119. The van der Waals surface area contributed by atoms with E-state index in [2.05, 4.69) is 36.6 Å². The van der Waals surface area contributed by atoms with Gasteiger partial charge < -0.3 is 4.74 Å². The summed E-state index contributed by atoms with van der Waals surface area (Å²) in [7, 11) is 1.41. The normalized spacial score (nSPS) is 13.2. The van der Waals surface area contributed by atoms with Crippen molar-refractivity contribution in [2.45, 2.75) is 49.8 Å². The van der Waals surface area contributed by atoms with E-state index in [1.807, 2.05) is 19.2 Å². The zero-order valence-corrected chi connectivity index (χ0v) is 12.5. The number of aromatic nitrogens is 1. The fraction of sp³-hybridized carbons (Fsp3) is 0.571. The molecule has 0 radical (unpaired) electrons. The summed E-state index contributed by atoms with van der Waals surface area (Å²) in [4.78, 5) is 15.6. The van der Waals surface area contributed by atoms with E-state index in [4.69, 9.17) is 0 Å². The highest BCUT2D eigenvalue weighted by molar-refractivity contribution is 7.99. The lowest BCUT2D eigenvalue weighted by atomic mass is 9.88. The predicted octanol–water partition coefficient (Wildman–Crippen LogP) is 3.42. The molecule has 3 nitrogen and oxygen atoms in total. The molecule has 0 aliphatic carbocycles. The van der Waals surface area contributed by atoms with Crippen LogP contribution in [0.5, 0.6) is 0 Å². The second-order valence-electron chi connectivity index (χ2n) is 5.34. The summed E-state index contributed by atoms with van der Waals surface area (Å²) in [6.45, 7) is 8.49. The number of carbonyl (C=O) groups excluding carboxylic acids is 1. The number of ether oxygens (including phenoxy) is 1. The Morgan fingerprint density at radius 1 is 1.44 bits per heavy atom. The number of carbonyl (C=O) groups is 1. The van der Waals surface area contributed by atoms with Crippen LogP contribution in [-0.2, 0) is 14.9 Å². The zero-order valence-electron chi connectivity index (χ0n) is 11.7. The molecule has 18 heavy (non-hydrogen) atoms. The molecule has 1 atom stereocenters. The molecule has 1 rings (SSSR count). The molecule has 0 aliphatic heterocycles. The number of hydrogen-bond acceptors (Lipinski definition) is 4. The smallest absolute Gasteiger partial charge is 0.306 e. The lowest BCUT2D eigenvalue weighted by Gasteiger charge is -2.18. The van der Waals surface area contributed by atoms with Gasteiger partial charge in [0, 0.05) is 11.4 Å². The molecular formula is C14H21NO2S. The summed E-state index contributed by atoms with van der Waals surface area (Å²) in [5.74, 6) is -0.179. The van der Waals surface area contributed by atoms with Gasteiger partial charge in [0.2, 0.25) is 0 Å². The summed E-state index contributed by atoms with van der Waals surface area (Å²) in [6.07, 6.45) is 2.32. The number of esters is 1. The minimum atomic E-state index is -0.179. The van der Waals surface area contributed by atoms with Gasteiger partial charge in [-0.25, -0.2) is 4.98 Å². The van der Waals surface area contributed by atoms with Gasteiger partial charge in [0.15, 0.2) is 0 Å². The Balaban J connectivity index is 2.61. The van der Waals surface area contributed by atoms with Crippen LogP contribution >= 0.6 is 11.8 Å². The molecule has 1 aromatic heterocycles. The minimum Gasteiger partial charge on any atom is -0.469 e. The van der Waals surface area contributed by atoms with Gasteiger partial charge in [-0.2, -0.15) is 0 Å². The van der Waals surface area contributed by atoms with Gasteiger partial charge in [0.05, 0.1) is 18.6 Å². The second kappa shape index (κ2) is 6.23. The molecule has 100 valence electrons. The first-order chi connectivity index (χ1) is 8.32. The maximum atomic E-state index is 11.1. The van der Waals surface area contributed by atoms with E-state index < -0.39 is 0 Å². The van der Waals surface area contributed by atoms with E-state index >= 15 is 0 Å². The first kappa shape index (κ1) is 15.0. The van der Waals surface area contributed by atoms with Crippen molar-refractivity contribution in [3.05, 3.63) is 23.9 Å². The van der Waals surface area contributed by atoms with E-state index in [0.717, 1.165) is 5.03 Å². The van der Waals surface area contributed by atoms with E-state index in [1.165, 1.54) is 12.7 Å². The molecular weight excluding hydrogens is 246 g/mol. The van der Waals surface area contributed by atoms with Crippen LogP contribution in [0.1, 0.15) is 39.7 Å². The Morgan fingerprint density at radius 2 is 2.11 bits per heavy atom. The first-order valence-corrected chi connectivity index (χ1v) is 6.91. The molecule has 1 heterocycles. The Bertz CT molecular complexity index is 395. The van der Waals surface area contributed by atoms with Gasteiger partial charge in [-0.1, -0.05) is 33.8 Å². The molecule has 4 heteroatoms. The van der Waals surface area contributed by atoms with Crippen molar-refractivity contribution >= 4 is 17.7 Å². The van der Waals surface area contributed by atoms with E-state index in [1.54, 1.807) is 11.8 Å². The van der Waals surface area contributed by atoms with Crippen LogP contribution in [-0.4, -0.2) is 23.3 Å². The molecule has 0 aliphatic rings. The molecule has 0 N–H and O–H groups in total. The van der Waals surface area contributed by atoms with Crippen LogP contribution in [0.3, 0.4) is 0 Å². The Hall–Kier alpha value is -1.03. The van der Waals surface area contributed by atoms with Gasteiger partial charge >= 0.3 is 5.97 Å². The highest BCUT2D eigenvalue weighted by atomic mass is 32.2. The number of pyridine rings is 1. The molecule has 0 saturated carbocycles. The number of thioether (sulfide) groups is 1. The molecule has 1 aromatic rings. The fourth-order valence-electron chi connectivity index (χ4n) is 1.46. The maximum Gasteiger partial charge on any atom is 0.306 e. The molecule has 0 amide bonds. The second-order valence-corrected chi connectivity index (χ2v) is 6.80. The molecule has 0 bridgehead atoms. The average Bonchev–Trinajstić information content (AvgIpc) is 2.28. The lowest BCUT2D eigenvalue weighted by molar-refractivity contribution is -0.140. The SMILES string of the molecule is COC(=O)CC(C)Sc1ccc(C(C)(C)C)cn1. The van der Waals surface area contributed by atoms with Crippen molar-refractivity contribution in [1.29, 1.82) is 0 Å². The van der Waals surface area contributed by atoms with Gasteiger partial charge in [-0.05, 0) is 17.0 Å². The third-order valence-corrected chi connectivity index (χ3v) is 3.66. The summed E-state index contributed by atoms with van der Waals surface area (Å²) >= 11 is 1.59. The van der Waals surface area contributed by atoms with Crippen LogP contribution in [0.15, 0.2) is 23.4 Å². The highest BCUT2D eigenvalue weighted by Crippen LogP contribution is 2.26. The van der Waals surface area contributed by atoms with Crippen LogP contribution < -0.4 is 0 Å². The van der Waals surface area contributed by atoms with Crippen LogP contribution in [0.25, 0.3) is 0 Å². The molecule has 0 saturated heterocycles. The van der Waals surface area contributed by atoms with Gasteiger partial charge in [0.25, 0.3) is 0 Å². The maximum absolute atomic E-state index is 11.1. The van der Waals surface area contributed by atoms with Crippen molar-refractivity contribution in [2.75, 3.05) is 7.11 Å². The summed E-state index contributed by atoms with van der Waals surface area (Å²) < 4.78 is 4.65. The molecule has 0 fully saturated rings. The Labute approximate surface area is 113 Å². The number of methoxy groups -OCH3 is 1. The predicted molar refractivity (Wildman–Crippen MR) is 74.9 cm³/mol. The molecule has 1 unspecified atom stereocenters. The van der Waals surface area contributed by atoms with Crippen molar-refractivity contribution in [3.8, 4) is 0 Å². The summed E-state index contributed by atoms with van der Waals surface area (Å²) in [5.41, 5.74) is 1.33. The number of hydrogen-bond donors (Lipinski definition) is 0. The zero-order chi connectivity index (χ0) is 13.8. The van der Waals surface area contributed by atoms with Crippen molar-refractivity contribution in [1.82, 2.24) is 4.98 Å². The van der Waals surface area contributed by atoms with E-state index in [-0.39, 0.29) is 16.6 Å². The lowest BCUT2D eigenvalue weighted by Crippen LogP contribution is -2.11. The van der Waals surface area contributed by atoms with Gasteiger partial charge in [0.1, 0.15) is 0 Å². The van der Waals surface area contributed by atoms with Crippen LogP contribution in [0.2, 0.25) is 0 Å². The van der Waals surface area contributed by atoms with Crippen LogP contribution in [0.4, 0.5) is 0 Å². The average molecular weight is 267 g/mol. The third kappa shape index (κ3) is 4.69. The topological polar surface area (TPSA) is 39.2 Å². The first-order valence-electron chi connectivity index (χ1n) is 6.03. The van der Waals surface area contributed by atoms with Crippen molar-refractivity contribution in [3.63, 3.8) is 0 Å². The fourth-order valence-corrected chi connectivity index (χ4v) is 2.35. The Kier molecular flexibility index (Phi) is 5.20. The number of rotatable bonds is 4. The van der Waals surface area contributed by atoms with Gasteiger partial charge in [-0.15, -0.1) is 11.8 Å². The summed E-state index contributed by atoms with van der Waals surface area (Å²) in [6, 6.07) is 4.11. The third-order valence-electron chi connectivity index (χ3n) is 2.61.